The molecule has 118 valence electrons. The molecule has 1 saturated heterocycles. The highest BCUT2D eigenvalue weighted by atomic mass is 16.2. The number of carbonyl (C=O) groups is 2. The topological polar surface area (TPSA) is 84.2 Å². The van der Waals surface area contributed by atoms with E-state index >= 15 is 0 Å². The molecule has 0 aromatic heterocycles. The zero-order valence-corrected chi connectivity index (χ0v) is 12.7. The van der Waals surface area contributed by atoms with Crippen LogP contribution in [-0.4, -0.2) is 23.9 Å². The lowest BCUT2D eigenvalue weighted by Crippen LogP contribution is -2.39. The highest BCUT2D eigenvalue weighted by Crippen LogP contribution is 2.33. The lowest BCUT2D eigenvalue weighted by Gasteiger charge is -2.24. The van der Waals surface area contributed by atoms with E-state index in [1.807, 2.05) is 24.3 Å². The minimum Gasteiger partial charge on any atom is -0.369 e. The smallest absolute Gasteiger partial charge is 0.241 e. The summed E-state index contributed by atoms with van der Waals surface area (Å²) in [7, 11) is 0. The van der Waals surface area contributed by atoms with Crippen LogP contribution in [0.2, 0.25) is 0 Å². The van der Waals surface area contributed by atoms with Crippen LogP contribution < -0.4 is 16.4 Å². The molecule has 2 aliphatic rings. The monoisotopic (exact) mass is 301 g/mol. The molecule has 22 heavy (non-hydrogen) atoms. The molecule has 5 heteroatoms. The van der Waals surface area contributed by atoms with E-state index in [0.717, 1.165) is 17.7 Å². The first-order valence-electron chi connectivity index (χ1n) is 8.06. The Morgan fingerprint density at radius 3 is 2.59 bits per heavy atom. The fraction of sp³-hybridized carbons (Fsp3) is 0.529. The maximum absolute atomic E-state index is 12.4. The quantitative estimate of drug-likeness (QED) is 0.789. The van der Waals surface area contributed by atoms with Gasteiger partial charge in [-0.05, 0) is 42.9 Å². The molecule has 1 heterocycles. The molecule has 5 nitrogen and oxygen atoms in total. The normalized spacial score (nSPS) is 27.2. The molecule has 0 radical (unpaired) electrons. The molecule has 0 spiro atoms. The van der Waals surface area contributed by atoms with E-state index in [-0.39, 0.29) is 24.3 Å². The maximum atomic E-state index is 12.4. The van der Waals surface area contributed by atoms with Gasteiger partial charge in [0.1, 0.15) is 0 Å². The lowest BCUT2D eigenvalue weighted by atomic mass is 9.85. The zero-order valence-electron chi connectivity index (χ0n) is 12.7. The van der Waals surface area contributed by atoms with Gasteiger partial charge in [-0.1, -0.05) is 25.0 Å². The number of carbonyl (C=O) groups excluding carboxylic acids is 2. The van der Waals surface area contributed by atoms with Crippen LogP contribution in [0.1, 0.15) is 37.7 Å². The summed E-state index contributed by atoms with van der Waals surface area (Å²) in [4.78, 5) is 23.2. The minimum absolute atomic E-state index is 0.0389. The maximum Gasteiger partial charge on any atom is 0.241 e. The lowest BCUT2D eigenvalue weighted by molar-refractivity contribution is -0.118. The number of benzene rings is 1. The van der Waals surface area contributed by atoms with Crippen molar-refractivity contribution in [2.24, 2.45) is 11.7 Å². The molecule has 1 aromatic carbocycles. The van der Waals surface area contributed by atoms with E-state index in [9.17, 15) is 9.59 Å². The second kappa shape index (κ2) is 6.48. The molecule has 1 aliphatic heterocycles. The van der Waals surface area contributed by atoms with Gasteiger partial charge in [-0.2, -0.15) is 0 Å². The van der Waals surface area contributed by atoms with Gasteiger partial charge < -0.3 is 16.4 Å². The van der Waals surface area contributed by atoms with Gasteiger partial charge in [-0.25, -0.2) is 0 Å². The fourth-order valence-corrected chi connectivity index (χ4v) is 3.66. The Hall–Kier alpha value is -1.88. The summed E-state index contributed by atoms with van der Waals surface area (Å²) in [6.07, 6.45) is 6.15. The van der Waals surface area contributed by atoms with Crippen LogP contribution in [0, 0.1) is 5.92 Å². The van der Waals surface area contributed by atoms with Crippen molar-refractivity contribution in [1.29, 1.82) is 0 Å². The number of fused-ring (bicyclic) bond motifs is 1. The van der Waals surface area contributed by atoms with Gasteiger partial charge in [0.05, 0.1) is 12.5 Å². The molecule has 1 saturated carbocycles. The Labute approximate surface area is 130 Å². The first-order valence-corrected chi connectivity index (χ1v) is 8.06. The highest BCUT2D eigenvalue weighted by molar-refractivity contribution is 5.95. The molecule has 3 atom stereocenters. The van der Waals surface area contributed by atoms with Gasteiger partial charge in [0, 0.05) is 11.7 Å². The summed E-state index contributed by atoms with van der Waals surface area (Å²) in [5.41, 5.74) is 6.78. The van der Waals surface area contributed by atoms with Crippen LogP contribution in [0.15, 0.2) is 24.3 Å². The van der Waals surface area contributed by atoms with Gasteiger partial charge in [0.15, 0.2) is 0 Å². The van der Waals surface area contributed by atoms with Crippen LogP contribution in [0.3, 0.4) is 0 Å². The second-order valence-electron chi connectivity index (χ2n) is 6.44. The Bertz CT molecular complexity index is 542. The van der Waals surface area contributed by atoms with Gasteiger partial charge in [-0.15, -0.1) is 0 Å². The number of primary amides is 1. The Morgan fingerprint density at radius 2 is 1.91 bits per heavy atom. The van der Waals surface area contributed by atoms with Crippen LogP contribution >= 0.6 is 0 Å². The van der Waals surface area contributed by atoms with Gasteiger partial charge >= 0.3 is 0 Å². The third kappa shape index (κ3) is 3.47. The Morgan fingerprint density at radius 1 is 1.18 bits per heavy atom. The average Bonchev–Trinajstić information content (AvgIpc) is 2.93. The molecular formula is C17H23N3O2. The van der Waals surface area contributed by atoms with Gasteiger partial charge in [-0.3, -0.25) is 9.59 Å². The van der Waals surface area contributed by atoms with E-state index < -0.39 is 0 Å². The molecule has 3 unspecified atom stereocenters. The Kier molecular flexibility index (Phi) is 4.43. The van der Waals surface area contributed by atoms with Gasteiger partial charge in [0.25, 0.3) is 0 Å². The molecule has 1 aromatic rings. The zero-order chi connectivity index (χ0) is 15.5. The first-order chi connectivity index (χ1) is 10.6. The van der Waals surface area contributed by atoms with E-state index in [0.29, 0.717) is 12.0 Å². The van der Waals surface area contributed by atoms with Crippen LogP contribution in [0.4, 0.5) is 5.69 Å². The molecular weight excluding hydrogens is 278 g/mol. The second-order valence-corrected chi connectivity index (χ2v) is 6.44. The fourth-order valence-electron chi connectivity index (χ4n) is 3.66. The predicted molar refractivity (Wildman–Crippen MR) is 85.3 cm³/mol. The van der Waals surface area contributed by atoms with E-state index in [2.05, 4.69) is 10.6 Å². The molecule has 2 fully saturated rings. The van der Waals surface area contributed by atoms with Crippen molar-refractivity contribution in [3.63, 3.8) is 0 Å². The van der Waals surface area contributed by atoms with Crippen molar-refractivity contribution in [3.05, 3.63) is 29.8 Å². The molecule has 3 rings (SSSR count). The largest absolute Gasteiger partial charge is 0.369 e. The standard InChI is InChI=1S/C17H23N3O2/c18-16(21)9-11-5-7-13(8-6-11)19-17(22)15-10-12-3-1-2-4-14(12)20-15/h5-8,12,14-15,20H,1-4,9-10H2,(H2,18,21)(H,19,22). The summed E-state index contributed by atoms with van der Waals surface area (Å²) in [5.74, 6) is 0.342. The first kappa shape index (κ1) is 15.0. The van der Waals surface area contributed by atoms with Crippen LogP contribution in [0.5, 0.6) is 0 Å². The molecule has 4 N–H and O–H groups in total. The van der Waals surface area contributed by atoms with E-state index in [1.54, 1.807) is 0 Å². The molecule has 0 bridgehead atoms. The van der Waals surface area contributed by atoms with Crippen molar-refractivity contribution >= 4 is 17.5 Å². The average molecular weight is 301 g/mol. The molecule has 2 amide bonds. The third-order valence-electron chi connectivity index (χ3n) is 4.78. The summed E-state index contributed by atoms with van der Waals surface area (Å²) in [6, 6.07) is 7.71. The van der Waals surface area contributed by atoms with Crippen LogP contribution in [-0.2, 0) is 16.0 Å². The predicted octanol–water partition coefficient (Wildman–Crippen LogP) is 1.57. The Balaban J connectivity index is 1.56. The summed E-state index contributed by atoms with van der Waals surface area (Å²) >= 11 is 0. The third-order valence-corrected chi connectivity index (χ3v) is 4.78. The van der Waals surface area contributed by atoms with Crippen molar-refractivity contribution in [2.45, 2.75) is 50.6 Å². The summed E-state index contributed by atoms with van der Waals surface area (Å²) < 4.78 is 0. The summed E-state index contributed by atoms with van der Waals surface area (Å²) in [5, 5.41) is 6.43. The van der Waals surface area contributed by atoms with E-state index in [4.69, 9.17) is 5.73 Å². The van der Waals surface area contributed by atoms with Gasteiger partial charge in [0.2, 0.25) is 11.8 Å². The van der Waals surface area contributed by atoms with Crippen LogP contribution in [0.25, 0.3) is 0 Å². The molecule has 1 aliphatic carbocycles. The van der Waals surface area contributed by atoms with Crippen molar-refractivity contribution in [3.8, 4) is 0 Å². The number of hydrogen-bond donors (Lipinski definition) is 3. The number of anilines is 1. The highest BCUT2D eigenvalue weighted by Gasteiger charge is 2.38. The van der Waals surface area contributed by atoms with Crippen molar-refractivity contribution in [1.82, 2.24) is 5.32 Å². The number of amides is 2. The van der Waals surface area contributed by atoms with E-state index in [1.165, 1.54) is 25.7 Å². The SMILES string of the molecule is NC(=O)Cc1ccc(NC(=O)C2CC3CCCCC3N2)cc1. The van der Waals surface area contributed by atoms with Crippen molar-refractivity contribution in [2.75, 3.05) is 5.32 Å². The minimum atomic E-state index is -0.352. The number of hydrogen-bond acceptors (Lipinski definition) is 3. The number of nitrogens with two attached hydrogens (primary N) is 1. The van der Waals surface area contributed by atoms with Crippen molar-refractivity contribution < 1.29 is 9.59 Å². The summed E-state index contributed by atoms with van der Waals surface area (Å²) in [6.45, 7) is 0. The number of rotatable bonds is 4. The number of nitrogens with one attached hydrogen (secondary N) is 2.